The second-order valence-electron chi connectivity index (χ2n) is 5.82. The van der Waals surface area contributed by atoms with Gasteiger partial charge in [-0.2, -0.15) is 0 Å². The van der Waals surface area contributed by atoms with Gasteiger partial charge >= 0.3 is 6.09 Å². The van der Waals surface area contributed by atoms with Crippen molar-refractivity contribution in [1.82, 2.24) is 9.88 Å². The number of ether oxygens (including phenoxy) is 1. The molecule has 1 unspecified atom stereocenters. The maximum Gasteiger partial charge on any atom is 0.410 e. The van der Waals surface area contributed by atoms with Crippen LogP contribution in [0, 0.1) is 5.82 Å². The van der Waals surface area contributed by atoms with E-state index in [0.29, 0.717) is 18.7 Å². The highest BCUT2D eigenvalue weighted by atomic mass is 32.1. The smallest absolute Gasteiger partial charge is 0.410 e. The molecule has 1 aliphatic rings. The molecule has 0 aliphatic carbocycles. The monoisotopic (exact) mass is 408 g/mol. The Bertz CT molecular complexity index is 948. The number of fused-ring (bicyclic) bond motifs is 1. The quantitative estimate of drug-likeness (QED) is 0.661. The average molecular weight is 408 g/mol. The summed E-state index contributed by atoms with van der Waals surface area (Å²) in [6, 6.07) is 12.6. The molecule has 142 valence electrons. The normalized spacial score (nSPS) is 14.3. The highest BCUT2D eigenvalue weighted by Crippen LogP contribution is 2.30. The third-order valence-corrected chi connectivity index (χ3v) is 5.07. The van der Waals surface area contributed by atoms with Gasteiger partial charge in [-0.25, -0.2) is 14.2 Å². The molecule has 1 saturated heterocycles. The second-order valence-corrected chi connectivity index (χ2v) is 7.06. The Morgan fingerprint density at radius 2 is 2.00 bits per heavy atom. The van der Waals surface area contributed by atoms with Crippen molar-refractivity contribution in [3.05, 3.63) is 53.8 Å². The van der Waals surface area contributed by atoms with Gasteiger partial charge in [0.15, 0.2) is 8.69 Å². The molecule has 0 radical (unpaired) electrons. The summed E-state index contributed by atoms with van der Waals surface area (Å²) in [7, 11) is -1.50. The molecule has 1 amide bonds. The molecule has 2 heterocycles. The van der Waals surface area contributed by atoms with Crippen LogP contribution in [0.1, 0.15) is 12.0 Å². The predicted molar refractivity (Wildman–Crippen MR) is 104 cm³/mol. The number of rotatable bonds is 3. The molecule has 27 heavy (non-hydrogen) atoms. The molecule has 4 rings (SSSR count). The number of nitrogens with zero attached hydrogens (tertiary/aromatic N) is 2. The predicted octanol–water partition coefficient (Wildman–Crippen LogP) is 4.09. The molecule has 0 spiro atoms. The molecule has 6 nitrogen and oxygen atoms in total. The highest BCUT2D eigenvalue weighted by molar-refractivity contribution is 7.21. The Kier molecular flexibility index (Phi) is 6.55. The van der Waals surface area contributed by atoms with E-state index in [1.165, 1.54) is 23.5 Å². The first-order valence-corrected chi connectivity index (χ1v) is 10.1. The first kappa shape index (κ1) is 19.5. The van der Waals surface area contributed by atoms with Gasteiger partial charge in [0, 0.05) is 24.7 Å². The van der Waals surface area contributed by atoms with Crippen LogP contribution in [0.15, 0.2) is 42.5 Å². The van der Waals surface area contributed by atoms with Gasteiger partial charge < -0.3 is 14.5 Å². The number of cyclic esters (lactones) is 1. The van der Waals surface area contributed by atoms with Crippen molar-refractivity contribution >= 4 is 36.3 Å². The third-order valence-electron chi connectivity index (χ3n) is 3.98. The summed E-state index contributed by atoms with van der Waals surface area (Å²) >= 11 is 1.54. The van der Waals surface area contributed by atoms with Crippen molar-refractivity contribution in [3.63, 3.8) is 0 Å². The average Bonchev–Trinajstić information content (AvgIpc) is 3.08. The van der Waals surface area contributed by atoms with Crippen LogP contribution in [0.4, 0.5) is 9.18 Å². The van der Waals surface area contributed by atoms with Gasteiger partial charge in [0.05, 0.1) is 16.8 Å². The van der Waals surface area contributed by atoms with E-state index < -0.39 is 8.69 Å². The number of carbonyl (C=O) groups excluding carboxylic acids is 1. The molecule has 2 aromatic carbocycles. The Balaban J connectivity index is 0.000000659. The third kappa shape index (κ3) is 4.91. The fourth-order valence-electron chi connectivity index (χ4n) is 2.74. The van der Waals surface area contributed by atoms with E-state index in [9.17, 15) is 9.18 Å². The molecule has 1 N–H and O–H groups in total. The van der Waals surface area contributed by atoms with Crippen molar-refractivity contribution in [2.24, 2.45) is 0 Å². The molecule has 1 fully saturated rings. The minimum atomic E-state index is -1.50. The number of hydrogen-bond donors (Lipinski definition) is 1. The van der Waals surface area contributed by atoms with Gasteiger partial charge in [-0.3, -0.25) is 4.57 Å². The van der Waals surface area contributed by atoms with Crippen molar-refractivity contribution in [2.45, 2.75) is 13.0 Å². The van der Waals surface area contributed by atoms with Gasteiger partial charge in [0.2, 0.25) is 0 Å². The standard InChI is InChI=1S/C18H15FN2O2S.H3O2P/c19-14-6-7-16-15(10-14)20-17(24-16)13-4-2-12(3-5-13)11-21-8-1-9-23-18(21)22;1-3-2/h2-7,10H,1,8-9,11H2;3H2,(H,1,2). The Labute approximate surface area is 160 Å². The number of hydrogen-bond acceptors (Lipinski definition) is 5. The molecule has 0 saturated carbocycles. The lowest BCUT2D eigenvalue weighted by Crippen LogP contribution is -2.37. The summed E-state index contributed by atoms with van der Waals surface area (Å²) in [6.07, 6.45) is 0.616. The van der Waals surface area contributed by atoms with Gasteiger partial charge in [0.25, 0.3) is 0 Å². The summed E-state index contributed by atoms with van der Waals surface area (Å²) in [4.78, 5) is 25.0. The first-order valence-electron chi connectivity index (χ1n) is 8.25. The van der Waals surface area contributed by atoms with Crippen LogP contribution in [-0.2, 0) is 15.8 Å². The Hall–Kier alpha value is -2.28. The summed E-state index contributed by atoms with van der Waals surface area (Å²) < 4.78 is 27.9. The van der Waals surface area contributed by atoms with E-state index in [1.54, 1.807) is 11.0 Å². The van der Waals surface area contributed by atoms with Gasteiger partial charge in [0.1, 0.15) is 10.8 Å². The fourth-order valence-corrected chi connectivity index (χ4v) is 3.69. The van der Waals surface area contributed by atoms with E-state index in [2.05, 4.69) is 4.98 Å². The number of amides is 1. The van der Waals surface area contributed by atoms with Crippen LogP contribution in [0.25, 0.3) is 20.8 Å². The van der Waals surface area contributed by atoms with Gasteiger partial charge in [-0.05, 0) is 24.1 Å². The van der Waals surface area contributed by atoms with Gasteiger partial charge in [-0.15, -0.1) is 11.3 Å². The zero-order valence-electron chi connectivity index (χ0n) is 14.3. The minimum Gasteiger partial charge on any atom is -0.449 e. The van der Waals surface area contributed by atoms with E-state index >= 15 is 0 Å². The van der Waals surface area contributed by atoms with E-state index in [-0.39, 0.29) is 11.9 Å². The Morgan fingerprint density at radius 1 is 1.26 bits per heavy atom. The number of thiazole rings is 1. The topological polar surface area (TPSA) is 79.7 Å². The van der Waals surface area contributed by atoms with Crippen molar-refractivity contribution in [3.8, 4) is 10.6 Å². The minimum absolute atomic E-state index is 0.251. The summed E-state index contributed by atoms with van der Waals surface area (Å²) in [5.74, 6) is -0.275. The molecule has 3 aromatic rings. The fraction of sp³-hybridized carbons (Fsp3) is 0.222. The zero-order valence-corrected chi connectivity index (χ0v) is 16.3. The van der Waals surface area contributed by atoms with Crippen LogP contribution in [0.5, 0.6) is 0 Å². The summed E-state index contributed by atoms with van der Waals surface area (Å²) in [5, 5.41) is 0.861. The molecule has 1 aliphatic heterocycles. The number of halogens is 1. The van der Waals surface area contributed by atoms with Crippen molar-refractivity contribution in [1.29, 1.82) is 0 Å². The van der Waals surface area contributed by atoms with E-state index in [0.717, 1.165) is 33.8 Å². The molecule has 9 heteroatoms. The lowest BCUT2D eigenvalue weighted by Gasteiger charge is -2.26. The van der Waals surface area contributed by atoms with Gasteiger partial charge in [-0.1, -0.05) is 24.3 Å². The maximum absolute atomic E-state index is 13.3. The Morgan fingerprint density at radius 3 is 2.70 bits per heavy atom. The molecule has 1 atom stereocenters. The van der Waals surface area contributed by atoms with Crippen LogP contribution in [0.2, 0.25) is 0 Å². The molecular formula is C18H18FN2O4PS. The SMILES string of the molecule is O=C1OCCCN1Cc1ccc(-c2nc3cc(F)ccc3s2)cc1.O=[PH2]O. The summed E-state index contributed by atoms with van der Waals surface area (Å²) in [5.41, 5.74) is 2.71. The number of aromatic nitrogens is 1. The highest BCUT2D eigenvalue weighted by Gasteiger charge is 2.19. The molecular weight excluding hydrogens is 390 g/mol. The van der Waals surface area contributed by atoms with Crippen LogP contribution in [-0.4, -0.2) is 34.0 Å². The van der Waals surface area contributed by atoms with Crippen molar-refractivity contribution < 1.29 is 23.4 Å². The number of carbonyl (C=O) groups is 1. The zero-order chi connectivity index (χ0) is 19.2. The van der Waals surface area contributed by atoms with E-state index in [1.807, 2.05) is 24.3 Å². The largest absolute Gasteiger partial charge is 0.449 e. The molecule has 0 bridgehead atoms. The van der Waals surface area contributed by atoms with Crippen molar-refractivity contribution in [2.75, 3.05) is 13.2 Å². The number of benzene rings is 2. The lowest BCUT2D eigenvalue weighted by molar-refractivity contribution is 0.0700. The van der Waals surface area contributed by atoms with Crippen LogP contribution in [0.3, 0.4) is 0 Å². The van der Waals surface area contributed by atoms with E-state index in [4.69, 9.17) is 14.2 Å². The first-order chi connectivity index (χ1) is 13.1. The van der Waals surface area contributed by atoms with Crippen LogP contribution < -0.4 is 0 Å². The lowest BCUT2D eigenvalue weighted by atomic mass is 10.1. The maximum atomic E-state index is 13.3. The molecule has 1 aromatic heterocycles. The second kappa shape index (κ2) is 9.08. The van der Waals surface area contributed by atoms with Crippen LogP contribution >= 0.6 is 20.0 Å². The summed E-state index contributed by atoms with van der Waals surface area (Å²) in [6.45, 7) is 1.78.